The molecule has 2 heterocycles. The molecule has 0 atom stereocenters. The second-order valence-electron chi connectivity index (χ2n) is 7.52. The Labute approximate surface area is 165 Å². The molecule has 3 rings (SSSR count). The van der Waals surface area contributed by atoms with E-state index in [1.165, 1.54) is 4.90 Å². The van der Waals surface area contributed by atoms with E-state index in [0.29, 0.717) is 23.4 Å². The van der Waals surface area contributed by atoms with Gasteiger partial charge in [-0.1, -0.05) is 36.7 Å². The van der Waals surface area contributed by atoms with Crippen molar-refractivity contribution in [3.8, 4) is 0 Å². The van der Waals surface area contributed by atoms with Crippen molar-refractivity contribution in [2.24, 2.45) is 0 Å². The third-order valence-electron chi connectivity index (χ3n) is 4.37. The summed E-state index contributed by atoms with van der Waals surface area (Å²) in [6.45, 7) is 6.34. The Bertz CT molecular complexity index is 914. The van der Waals surface area contributed by atoms with E-state index < -0.39 is 0 Å². The van der Waals surface area contributed by atoms with Gasteiger partial charge in [0.25, 0.3) is 11.8 Å². The molecule has 1 aliphatic heterocycles. The van der Waals surface area contributed by atoms with Crippen molar-refractivity contribution in [2.45, 2.75) is 39.0 Å². The summed E-state index contributed by atoms with van der Waals surface area (Å²) < 4.78 is 0.747. The smallest absolute Gasteiger partial charge is 0.261 e. The van der Waals surface area contributed by atoms with Gasteiger partial charge in [0.05, 0.1) is 11.1 Å². The summed E-state index contributed by atoms with van der Waals surface area (Å²) in [5.41, 5.74) is 1.63. The van der Waals surface area contributed by atoms with E-state index in [2.05, 4.69) is 31.4 Å². The fourth-order valence-electron chi connectivity index (χ4n) is 2.84. The third kappa shape index (κ3) is 4.10. The molecular weight excluding hydrogens is 412 g/mol. The molecular formula is C19H21BrN4O3. The molecule has 0 unspecified atom stereocenters. The Kier molecular flexibility index (Phi) is 5.19. The monoisotopic (exact) mass is 432 g/mol. The number of aromatic amines is 1. The summed E-state index contributed by atoms with van der Waals surface area (Å²) in [4.78, 5) is 38.1. The Balaban J connectivity index is 1.53. The third-order valence-corrected chi connectivity index (χ3v) is 4.86. The Morgan fingerprint density at radius 1 is 1.19 bits per heavy atom. The second kappa shape index (κ2) is 7.26. The van der Waals surface area contributed by atoms with Gasteiger partial charge in [0.2, 0.25) is 5.91 Å². The van der Waals surface area contributed by atoms with Crippen LogP contribution >= 0.6 is 15.9 Å². The van der Waals surface area contributed by atoms with E-state index in [9.17, 15) is 14.4 Å². The first kappa shape index (κ1) is 19.3. The van der Waals surface area contributed by atoms with Gasteiger partial charge < -0.3 is 5.32 Å². The fourth-order valence-corrected chi connectivity index (χ4v) is 3.20. The number of amides is 3. The van der Waals surface area contributed by atoms with E-state index >= 15 is 0 Å². The van der Waals surface area contributed by atoms with Gasteiger partial charge in [0.1, 0.15) is 0 Å². The molecule has 0 spiro atoms. The van der Waals surface area contributed by atoms with E-state index in [1.54, 1.807) is 24.3 Å². The van der Waals surface area contributed by atoms with Crippen molar-refractivity contribution < 1.29 is 14.4 Å². The molecule has 0 saturated heterocycles. The van der Waals surface area contributed by atoms with Gasteiger partial charge in [-0.15, -0.1) is 0 Å². The zero-order chi connectivity index (χ0) is 19.8. The van der Waals surface area contributed by atoms with Crippen molar-refractivity contribution >= 4 is 39.5 Å². The molecule has 27 heavy (non-hydrogen) atoms. The van der Waals surface area contributed by atoms with Crippen LogP contribution in [0, 0.1) is 0 Å². The van der Waals surface area contributed by atoms with Gasteiger partial charge in [-0.3, -0.25) is 24.4 Å². The predicted octanol–water partition coefficient (Wildman–Crippen LogP) is 3.48. The average Bonchev–Trinajstić information content (AvgIpc) is 3.14. The molecule has 1 aromatic heterocycles. The first-order valence-corrected chi connectivity index (χ1v) is 9.47. The van der Waals surface area contributed by atoms with Crippen LogP contribution in [0.1, 0.15) is 60.0 Å². The molecule has 1 aromatic carbocycles. The van der Waals surface area contributed by atoms with E-state index in [0.717, 1.165) is 10.2 Å². The number of hydrogen-bond donors (Lipinski definition) is 2. The number of nitrogens with one attached hydrogen (secondary N) is 2. The number of hydrogen-bond acceptors (Lipinski definition) is 4. The van der Waals surface area contributed by atoms with Gasteiger partial charge in [-0.05, 0) is 24.6 Å². The quantitative estimate of drug-likeness (QED) is 0.706. The molecule has 7 nitrogen and oxygen atoms in total. The molecule has 142 valence electrons. The highest BCUT2D eigenvalue weighted by Crippen LogP contribution is 2.26. The zero-order valence-corrected chi connectivity index (χ0v) is 17.0. The highest BCUT2D eigenvalue weighted by Gasteiger charge is 2.35. The minimum absolute atomic E-state index is 0.0869. The minimum atomic E-state index is -0.321. The highest BCUT2D eigenvalue weighted by atomic mass is 79.9. The lowest BCUT2D eigenvalue weighted by atomic mass is 9.92. The highest BCUT2D eigenvalue weighted by molar-refractivity contribution is 9.10. The fraction of sp³-hybridized carbons (Fsp3) is 0.368. The molecule has 0 fully saturated rings. The predicted molar refractivity (Wildman–Crippen MR) is 105 cm³/mol. The minimum Gasteiger partial charge on any atom is -0.309 e. The summed E-state index contributed by atoms with van der Waals surface area (Å²) in [7, 11) is 0. The summed E-state index contributed by atoms with van der Waals surface area (Å²) >= 11 is 3.31. The first-order chi connectivity index (χ1) is 12.7. The van der Waals surface area contributed by atoms with Gasteiger partial charge in [-0.2, -0.15) is 5.10 Å². The van der Waals surface area contributed by atoms with E-state index in [4.69, 9.17) is 0 Å². The maximum Gasteiger partial charge on any atom is 0.261 e. The van der Waals surface area contributed by atoms with Crippen molar-refractivity contribution in [1.29, 1.82) is 0 Å². The van der Waals surface area contributed by atoms with Gasteiger partial charge in [-0.25, -0.2) is 0 Å². The summed E-state index contributed by atoms with van der Waals surface area (Å²) in [6, 6.07) is 6.82. The van der Waals surface area contributed by atoms with Crippen molar-refractivity contribution in [2.75, 3.05) is 11.9 Å². The molecule has 0 radical (unpaired) electrons. The van der Waals surface area contributed by atoms with Crippen LogP contribution in [0.4, 0.5) is 5.82 Å². The Morgan fingerprint density at radius 2 is 1.89 bits per heavy atom. The second-order valence-corrected chi connectivity index (χ2v) is 8.44. The van der Waals surface area contributed by atoms with Crippen LogP contribution in [0.15, 0.2) is 28.7 Å². The largest absolute Gasteiger partial charge is 0.309 e. The number of anilines is 1. The van der Waals surface area contributed by atoms with Crippen LogP contribution < -0.4 is 5.32 Å². The number of halogens is 1. The molecule has 1 aliphatic rings. The van der Waals surface area contributed by atoms with Crippen LogP contribution in [0.5, 0.6) is 0 Å². The van der Waals surface area contributed by atoms with Gasteiger partial charge in [0.15, 0.2) is 5.82 Å². The van der Waals surface area contributed by atoms with Crippen molar-refractivity contribution in [3.05, 3.63) is 45.6 Å². The summed E-state index contributed by atoms with van der Waals surface area (Å²) in [6.07, 6.45) is 0.573. The number of carbonyl (C=O) groups excluding carboxylic acids is 3. The van der Waals surface area contributed by atoms with Gasteiger partial charge >= 0.3 is 0 Å². The number of nitrogens with zero attached hydrogens (tertiary/aromatic N) is 2. The average molecular weight is 433 g/mol. The molecule has 8 heteroatoms. The number of rotatable bonds is 5. The number of H-pyrrole nitrogens is 1. The normalized spacial score (nSPS) is 13.9. The molecule has 2 N–H and O–H groups in total. The van der Waals surface area contributed by atoms with Crippen LogP contribution in [0.2, 0.25) is 0 Å². The maximum absolute atomic E-state index is 12.4. The lowest BCUT2D eigenvalue weighted by Gasteiger charge is -2.14. The van der Waals surface area contributed by atoms with Crippen molar-refractivity contribution in [3.63, 3.8) is 0 Å². The van der Waals surface area contributed by atoms with Gasteiger partial charge in [0, 0.05) is 34.6 Å². The molecule has 0 bridgehead atoms. The molecule has 2 aromatic rings. The summed E-state index contributed by atoms with van der Waals surface area (Å²) in [5, 5.41) is 9.73. The van der Waals surface area contributed by atoms with E-state index in [-0.39, 0.29) is 36.1 Å². The van der Waals surface area contributed by atoms with E-state index in [1.807, 2.05) is 20.8 Å². The number of aromatic nitrogens is 2. The van der Waals surface area contributed by atoms with Crippen LogP contribution in [0.3, 0.4) is 0 Å². The SMILES string of the molecule is CC(C)(C)c1cc(NC(=O)CCCN2C(=O)c3ccc(Br)cc3C2=O)n[nH]1. The Morgan fingerprint density at radius 3 is 2.56 bits per heavy atom. The number of carbonyl (C=O) groups is 3. The zero-order valence-electron chi connectivity index (χ0n) is 15.4. The standard InChI is InChI=1S/C19H21BrN4O3/c1-19(2,3)14-10-15(23-22-14)21-16(25)5-4-8-24-17(26)12-7-6-11(20)9-13(12)18(24)27/h6-7,9-10H,4-5,8H2,1-3H3,(H2,21,22,23,25). The van der Waals surface area contributed by atoms with Crippen LogP contribution in [-0.4, -0.2) is 39.4 Å². The lowest BCUT2D eigenvalue weighted by molar-refractivity contribution is -0.116. The lowest BCUT2D eigenvalue weighted by Crippen LogP contribution is -2.31. The number of fused-ring (bicyclic) bond motifs is 1. The molecule has 0 aliphatic carbocycles. The topological polar surface area (TPSA) is 95.2 Å². The van der Waals surface area contributed by atoms with Crippen molar-refractivity contribution in [1.82, 2.24) is 15.1 Å². The summed E-state index contributed by atoms with van der Waals surface area (Å²) in [5.74, 6) is -0.374. The molecule has 3 amide bonds. The first-order valence-electron chi connectivity index (χ1n) is 8.68. The van der Waals surface area contributed by atoms with Crippen LogP contribution in [0.25, 0.3) is 0 Å². The number of imide groups is 1. The number of benzene rings is 1. The van der Waals surface area contributed by atoms with Crippen LogP contribution in [-0.2, 0) is 10.2 Å². The molecule has 0 saturated carbocycles. The Hall–Kier alpha value is -2.48. The maximum atomic E-state index is 12.4.